The normalized spacial score (nSPS) is 10.2. The van der Waals surface area contributed by atoms with Crippen LogP contribution in [0.25, 0.3) is 0 Å². The van der Waals surface area contributed by atoms with Crippen molar-refractivity contribution >= 4 is 11.8 Å². The molecule has 1 heterocycles. The molecular weight excluding hydrogens is 208 g/mol. The lowest BCUT2D eigenvalue weighted by molar-refractivity contribution is -0.121. The molecule has 16 heavy (non-hydrogen) atoms. The van der Waals surface area contributed by atoms with Gasteiger partial charge in [-0.25, -0.2) is 0 Å². The van der Waals surface area contributed by atoms with Crippen molar-refractivity contribution in [1.29, 1.82) is 0 Å². The molecule has 0 bridgehead atoms. The zero-order valence-electron chi connectivity index (χ0n) is 9.45. The number of amides is 2. The van der Waals surface area contributed by atoms with Crippen LogP contribution in [0.4, 0.5) is 0 Å². The fourth-order valence-electron chi connectivity index (χ4n) is 1.18. The highest BCUT2D eigenvalue weighted by molar-refractivity contribution is 5.91. The van der Waals surface area contributed by atoms with Gasteiger partial charge in [-0.15, -0.1) is 0 Å². The van der Waals surface area contributed by atoms with Gasteiger partial charge in [0, 0.05) is 19.0 Å². The average molecular weight is 224 g/mol. The van der Waals surface area contributed by atoms with E-state index in [0.717, 1.165) is 0 Å². The van der Waals surface area contributed by atoms with E-state index in [1.807, 2.05) is 13.8 Å². The molecule has 0 aromatic carbocycles. The Balaban J connectivity index is 2.21. The number of furan rings is 1. The molecule has 1 aromatic heterocycles. The van der Waals surface area contributed by atoms with Crippen molar-refractivity contribution < 1.29 is 14.0 Å². The maximum absolute atomic E-state index is 11.4. The highest BCUT2D eigenvalue weighted by Gasteiger charge is 2.08. The maximum atomic E-state index is 11.4. The van der Waals surface area contributed by atoms with Crippen molar-refractivity contribution in [3.05, 3.63) is 24.2 Å². The van der Waals surface area contributed by atoms with Gasteiger partial charge in [0.1, 0.15) is 0 Å². The predicted molar refractivity (Wildman–Crippen MR) is 58.9 cm³/mol. The minimum Gasteiger partial charge on any atom is -0.459 e. The molecule has 2 amide bonds. The fraction of sp³-hybridized carbons (Fsp3) is 0.455. The Labute approximate surface area is 94.2 Å². The molecule has 1 aromatic rings. The van der Waals surface area contributed by atoms with Crippen LogP contribution < -0.4 is 10.6 Å². The van der Waals surface area contributed by atoms with E-state index in [1.165, 1.54) is 6.26 Å². The predicted octanol–water partition coefficient (Wildman–Crippen LogP) is 0.924. The Morgan fingerprint density at radius 1 is 1.44 bits per heavy atom. The van der Waals surface area contributed by atoms with Crippen LogP contribution in [0.5, 0.6) is 0 Å². The van der Waals surface area contributed by atoms with Gasteiger partial charge in [-0.2, -0.15) is 0 Å². The van der Waals surface area contributed by atoms with Gasteiger partial charge in [0.25, 0.3) is 5.91 Å². The van der Waals surface area contributed by atoms with E-state index in [1.54, 1.807) is 12.1 Å². The van der Waals surface area contributed by atoms with Crippen LogP contribution in [0.2, 0.25) is 0 Å². The summed E-state index contributed by atoms with van der Waals surface area (Å²) < 4.78 is 4.90. The van der Waals surface area contributed by atoms with E-state index in [2.05, 4.69) is 10.6 Å². The molecule has 5 nitrogen and oxygen atoms in total. The second-order valence-corrected chi connectivity index (χ2v) is 3.71. The topological polar surface area (TPSA) is 71.3 Å². The third kappa shape index (κ3) is 4.16. The lowest BCUT2D eigenvalue weighted by atomic mass is 10.3. The second-order valence-electron chi connectivity index (χ2n) is 3.71. The molecule has 0 unspecified atom stereocenters. The van der Waals surface area contributed by atoms with E-state index in [-0.39, 0.29) is 30.0 Å². The van der Waals surface area contributed by atoms with Crippen molar-refractivity contribution in [3.63, 3.8) is 0 Å². The second kappa shape index (κ2) is 5.95. The van der Waals surface area contributed by atoms with Gasteiger partial charge < -0.3 is 15.1 Å². The lowest BCUT2D eigenvalue weighted by Gasteiger charge is -2.08. The van der Waals surface area contributed by atoms with Gasteiger partial charge in [0.15, 0.2) is 5.76 Å². The SMILES string of the molecule is CC(C)NC(=O)CCNC(=O)c1ccco1. The van der Waals surface area contributed by atoms with Crippen LogP contribution in [0.1, 0.15) is 30.8 Å². The van der Waals surface area contributed by atoms with Crippen LogP contribution in [0.3, 0.4) is 0 Å². The molecule has 0 aliphatic rings. The lowest BCUT2D eigenvalue weighted by Crippen LogP contribution is -2.34. The van der Waals surface area contributed by atoms with Gasteiger partial charge in [-0.05, 0) is 26.0 Å². The first-order valence-corrected chi connectivity index (χ1v) is 5.20. The van der Waals surface area contributed by atoms with Crippen molar-refractivity contribution in [2.45, 2.75) is 26.3 Å². The molecule has 1 rings (SSSR count). The number of hydrogen-bond acceptors (Lipinski definition) is 3. The largest absolute Gasteiger partial charge is 0.459 e. The number of carbonyl (C=O) groups is 2. The van der Waals surface area contributed by atoms with E-state index >= 15 is 0 Å². The third-order valence-electron chi connectivity index (χ3n) is 1.83. The molecule has 0 aliphatic heterocycles. The highest BCUT2D eigenvalue weighted by atomic mass is 16.3. The van der Waals surface area contributed by atoms with Gasteiger partial charge in [0.2, 0.25) is 5.91 Å². The Kier molecular flexibility index (Phi) is 4.57. The number of rotatable bonds is 5. The summed E-state index contributed by atoms with van der Waals surface area (Å²) in [5.74, 6) is -0.124. The first-order chi connectivity index (χ1) is 7.59. The highest BCUT2D eigenvalue weighted by Crippen LogP contribution is 1.98. The smallest absolute Gasteiger partial charge is 0.286 e. The summed E-state index contributed by atoms with van der Waals surface area (Å²) in [4.78, 5) is 22.6. The van der Waals surface area contributed by atoms with E-state index in [0.29, 0.717) is 6.54 Å². The third-order valence-corrected chi connectivity index (χ3v) is 1.83. The van der Waals surface area contributed by atoms with E-state index < -0.39 is 0 Å². The number of hydrogen-bond donors (Lipinski definition) is 2. The molecule has 0 fully saturated rings. The molecule has 0 saturated carbocycles. The molecule has 0 atom stereocenters. The first-order valence-electron chi connectivity index (χ1n) is 5.20. The molecule has 0 radical (unpaired) electrons. The van der Waals surface area contributed by atoms with Crippen molar-refractivity contribution in [1.82, 2.24) is 10.6 Å². The summed E-state index contributed by atoms with van der Waals surface area (Å²) in [6, 6.07) is 3.33. The minimum absolute atomic E-state index is 0.0743. The van der Waals surface area contributed by atoms with Crippen LogP contribution >= 0.6 is 0 Å². The summed E-state index contributed by atoms with van der Waals surface area (Å²) >= 11 is 0. The van der Waals surface area contributed by atoms with Crippen LogP contribution in [0, 0.1) is 0 Å². The van der Waals surface area contributed by atoms with Gasteiger partial charge >= 0.3 is 0 Å². The van der Waals surface area contributed by atoms with Gasteiger partial charge in [-0.3, -0.25) is 9.59 Å². The quantitative estimate of drug-likeness (QED) is 0.781. The summed E-state index contributed by atoms with van der Waals surface area (Å²) in [5.41, 5.74) is 0. The summed E-state index contributed by atoms with van der Waals surface area (Å²) in [7, 11) is 0. The average Bonchev–Trinajstić information content (AvgIpc) is 2.68. The fourth-order valence-corrected chi connectivity index (χ4v) is 1.18. The van der Waals surface area contributed by atoms with Crippen molar-refractivity contribution in [2.24, 2.45) is 0 Å². The Bertz CT molecular complexity index is 344. The molecular formula is C11H16N2O3. The summed E-state index contributed by atoms with van der Waals surface area (Å²) in [6.07, 6.45) is 1.70. The van der Waals surface area contributed by atoms with Crippen LogP contribution in [0.15, 0.2) is 22.8 Å². The van der Waals surface area contributed by atoms with E-state index in [9.17, 15) is 9.59 Å². The standard InChI is InChI=1S/C11H16N2O3/c1-8(2)13-10(14)5-6-12-11(15)9-4-3-7-16-9/h3-4,7-8H,5-6H2,1-2H3,(H,12,15)(H,13,14). The Morgan fingerprint density at radius 3 is 2.75 bits per heavy atom. The monoisotopic (exact) mass is 224 g/mol. The summed E-state index contributed by atoms with van der Waals surface area (Å²) in [5, 5.41) is 5.33. The molecule has 0 spiro atoms. The number of carbonyl (C=O) groups excluding carboxylic acids is 2. The van der Waals surface area contributed by atoms with Gasteiger partial charge in [0.05, 0.1) is 6.26 Å². The Hall–Kier alpha value is -1.78. The zero-order chi connectivity index (χ0) is 12.0. The van der Waals surface area contributed by atoms with Gasteiger partial charge in [-0.1, -0.05) is 0 Å². The van der Waals surface area contributed by atoms with Crippen molar-refractivity contribution in [3.8, 4) is 0 Å². The van der Waals surface area contributed by atoms with Crippen molar-refractivity contribution in [2.75, 3.05) is 6.54 Å². The van der Waals surface area contributed by atoms with Crippen LogP contribution in [-0.4, -0.2) is 24.4 Å². The molecule has 2 N–H and O–H groups in total. The molecule has 0 saturated heterocycles. The molecule has 5 heteroatoms. The molecule has 88 valence electrons. The minimum atomic E-state index is -0.303. The maximum Gasteiger partial charge on any atom is 0.286 e. The number of nitrogens with one attached hydrogen (secondary N) is 2. The Morgan fingerprint density at radius 2 is 2.19 bits per heavy atom. The zero-order valence-corrected chi connectivity index (χ0v) is 9.45. The van der Waals surface area contributed by atoms with Crippen LogP contribution in [-0.2, 0) is 4.79 Å². The summed E-state index contributed by atoms with van der Waals surface area (Å²) in [6.45, 7) is 4.08. The van der Waals surface area contributed by atoms with E-state index in [4.69, 9.17) is 4.42 Å². The molecule has 0 aliphatic carbocycles. The first kappa shape index (κ1) is 12.3.